The number of nitrogens with zero attached hydrogens (tertiary/aromatic N) is 4. The predicted octanol–water partition coefficient (Wildman–Crippen LogP) is 0.981. The number of carbonyl (C=O) groups is 2. The van der Waals surface area contributed by atoms with Gasteiger partial charge in [0, 0.05) is 25.3 Å². The number of halogens is 1. The van der Waals surface area contributed by atoms with Crippen molar-refractivity contribution in [3.8, 4) is 5.75 Å². The lowest BCUT2D eigenvalue weighted by molar-refractivity contribution is -0.127. The van der Waals surface area contributed by atoms with E-state index in [1.54, 1.807) is 24.4 Å². The molecule has 2 unspecified atom stereocenters. The maximum absolute atomic E-state index is 13.7. The molecule has 27 heavy (non-hydrogen) atoms. The zero-order valence-electron chi connectivity index (χ0n) is 14.5. The van der Waals surface area contributed by atoms with Gasteiger partial charge in [-0.15, -0.1) is 0 Å². The lowest BCUT2D eigenvalue weighted by Crippen LogP contribution is -2.49. The lowest BCUT2D eigenvalue weighted by atomic mass is 10.1. The first-order valence-electron chi connectivity index (χ1n) is 8.14. The number of likely N-dealkylation sites (N-methyl/N-ethyl adjacent to an activating group) is 1. The normalized spacial score (nSPS) is 21.1. The second-order valence-corrected chi connectivity index (χ2v) is 6.17. The van der Waals surface area contributed by atoms with Crippen LogP contribution in [0.3, 0.4) is 0 Å². The minimum Gasteiger partial charge on any atom is -0.494 e. The van der Waals surface area contributed by atoms with Gasteiger partial charge in [-0.2, -0.15) is 4.98 Å². The van der Waals surface area contributed by atoms with E-state index in [0.29, 0.717) is 5.52 Å². The first kappa shape index (κ1) is 17.0. The number of fused-ring (bicyclic) bond motifs is 2. The van der Waals surface area contributed by atoms with Crippen molar-refractivity contribution in [2.24, 2.45) is 4.99 Å². The maximum Gasteiger partial charge on any atom is 0.302 e. The average molecular weight is 373 g/mol. The van der Waals surface area contributed by atoms with Crippen molar-refractivity contribution in [1.29, 1.82) is 0 Å². The summed E-state index contributed by atoms with van der Waals surface area (Å²) in [6, 6.07) is 2.29. The highest BCUT2D eigenvalue weighted by Gasteiger charge is 2.37. The third-order valence-electron chi connectivity index (χ3n) is 4.47. The standard InChI is InChI=1S/C17H16FN5O4/c1-22-15(25)4-3-11-16(22)19-8-23(11)7-14(24)21-17-20-10-6-12(26-2)9(18)5-13(10)27-17/h3-6,8,11,16H,7H2,1-2H3,(H,20,21,24). The van der Waals surface area contributed by atoms with E-state index in [1.807, 2.05) is 0 Å². The molecule has 0 aliphatic carbocycles. The summed E-state index contributed by atoms with van der Waals surface area (Å²) in [4.78, 5) is 35.6. The van der Waals surface area contributed by atoms with Crippen LogP contribution in [-0.4, -0.2) is 65.8 Å². The van der Waals surface area contributed by atoms with Crippen molar-refractivity contribution in [2.75, 3.05) is 26.0 Å². The lowest BCUT2D eigenvalue weighted by Gasteiger charge is -2.32. The summed E-state index contributed by atoms with van der Waals surface area (Å²) in [7, 11) is 3.01. The third kappa shape index (κ3) is 2.98. The van der Waals surface area contributed by atoms with Crippen LogP contribution in [0.1, 0.15) is 0 Å². The van der Waals surface area contributed by atoms with Gasteiger partial charge < -0.3 is 19.0 Å². The molecular formula is C17H16FN5O4. The Bertz CT molecular complexity index is 985. The average Bonchev–Trinajstić information content (AvgIpc) is 3.20. The largest absolute Gasteiger partial charge is 0.494 e. The Labute approximate surface area is 153 Å². The highest BCUT2D eigenvalue weighted by atomic mass is 19.1. The van der Waals surface area contributed by atoms with Gasteiger partial charge in [0.05, 0.1) is 26.0 Å². The summed E-state index contributed by atoms with van der Waals surface area (Å²) >= 11 is 0. The van der Waals surface area contributed by atoms with Gasteiger partial charge in [-0.25, -0.2) is 9.38 Å². The van der Waals surface area contributed by atoms with E-state index < -0.39 is 5.82 Å². The van der Waals surface area contributed by atoms with Crippen LogP contribution in [0.25, 0.3) is 11.1 Å². The number of aromatic nitrogens is 1. The van der Waals surface area contributed by atoms with Gasteiger partial charge >= 0.3 is 6.01 Å². The third-order valence-corrected chi connectivity index (χ3v) is 4.47. The zero-order chi connectivity index (χ0) is 19.1. The second kappa shape index (κ2) is 6.38. The Morgan fingerprint density at radius 3 is 3.04 bits per heavy atom. The monoisotopic (exact) mass is 373 g/mol. The summed E-state index contributed by atoms with van der Waals surface area (Å²) in [5, 5.41) is 2.54. The number of oxazole rings is 1. The molecule has 9 nitrogen and oxygen atoms in total. The Morgan fingerprint density at radius 2 is 2.26 bits per heavy atom. The van der Waals surface area contributed by atoms with E-state index in [4.69, 9.17) is 9.15 Å². The predicted molar refractivity (Wildman–Crippen MR) is 93.8 cm³/mol. The Hall–Kier alpha value is -3.43. The van der Waals surface area contributed by atoms with Crippen molar-refractivity contribution < 1.29 is 23.1 Å². The van der Waals surface area contributed by atoms with Crippen molar-refractivity contribution in [3.63, 3.8) is 0 Å². The number of hydrogen-bond acceptors (Lipinski definition) is 7. The number of nitrogens with one attached hydrogen (secondary N) is 1. The Morgan fingerprint density at radius 1 is 1.44 bits per heavy atom. The van der Waals surface area contributed by atoms with Crippen LogP contribution < -0.4 is 10.1 Å². The molecule has 1 aromatic carbocycles. The van der Waals surface area contributed by atoms with Crippen molar-refractivity contribution in [2.45, 2.75) is 12.2 Å². The minimum atomic E-state index is -0.582. The molecule has 2 aliphatic heterocycles. The van der Waals surface area contributed by atoms with Gasteiger partial charge in [-0.3, -0.25) is 14.9 Å². The number of aliphatic imine (C=N–C) groups is 1. The summed E-state index contributed by atoms with van der Waals surface area (Å²) in [6.45, 7) is -0.00650. The summed E-state index contributed by atoms with van der Waals surface area (Å²) in [5.74, 6) is -1.06. The molecule has 0 saturated heterocycles. The fourth-order valence-electron chi connectivity index (χ4n) is 3.07. The number of methoxy groups -OCH3 is 1. The Balaban J connectivity index is 1.46. The summed E-state index contributed by atoms with van der Waals surface area (Å²) in [6.07, 6.45) is 4.38. The van der Waals surface area contributed by atoms with E-state index in [9.17, 15) is 14.0 Å². The molecule has 4 rings (SSSR count). The van der Waals surface area contributed by atoms with Gasteiger partial charge in [0.15, 0.2) is 17.1 Å². The first-order valence-corrected chi connectivity index (χ1v) is 8.14. The molecule has 2 amide bonds. The number of rotatable bonds is 4. The van der Waals surface area contributed by atoms with Crippen LogP contribution in [0.4, 0.5) is 10.4 Å². The Kier molecular flexibility index (Phi) is 4.02. The molecule has 2 atom stereocenters. The van der Waals surface area contributed by atoms with Crippen molar-refractivity contribution in [1.82, 2.24) is 14.8 Å². The number of ether oxygens (including phenoxy) is 1. The highest BCUT2D eigenvalue weighted by Crippen LogP contribution is 2.27. The minimum absolute atomic E-state index is 0.00650. The smallest absolute Gasteiger partial charge is 0.302 e. The second-order valence-electron chi connectivity index (χ2n) is 6.17. The number of carbonyl (C=O) groups excluding carboxylic acids is 2. The van der Waals surface area contributed by atoms with E-state index in [1.165, 1.54) is 24.2 Å². The molecule has 0 spiro atoms. The molecule has 2 aromatic rings. The highest BCUT2D eigenvalue weighted by molar-refractivity contribution is 5.93. The molecule has 0 fully saturated rings. The van der Waals surface area contributed by atoms with E-state index in [2.05, 4.69) is 15.3 Å². The van der Waals surface area contributed by atoms with Crippen molar-refractivity contribution in [3.05, 3.63) is 30.1 Å². The molecule has 140 valence electrons. The van der Waals surface area contributed by atoms with E-state index in [0.717, 1.165) is 6.07 Å². The first-order chi connectivity index (χ1) is 13.0. The molecule has 2 aliphatic rings. The van der Waals surface area contributed by atoms with Crippen LogP contribution in [-0.2, 0) is 9.59 Å². The van der Waals surface area contributed by atoms with Crippen LogP contribution in [0.5, 0.6) is 5.75 Å². The van der Waals surface area contributed by atoms with Crippen LogP contribution >= 0.6 is 0 Å². The van der Waals surface area contributed by atoms with E-state index in [-0.39, 0.29) is 47.9 Å². The van der Waals surface area contributed by atoms with Crippen molar-refractivity contribution >= 4 is 35.3 Å². The van der Waals surface area contributed by atoms with E-state index >= 15 is 0 Å². The van der Waals surface area contributed by atoms with Crippen LogP contribution in [0.15, 0.2) is 33.7 Å². The van der Waals surface area contributed by atoms with Crippen LogP contribution in [0, 0.1) is 5.82 Å². The van der Waals surface area contributed by atoms with Gasteiger partial charge in [-0.1, -0.05) is 6.08 Å². The fraction of sp³-hybridized carbons (Fsp3) is 0.294. The molecule has 10 heteroatoms. The molecule has 0 radical (unpaired) electrons. The molecule has 1 N–H and O–H groups in total. The summed E-state index contributed by atoms with van der Waals surface area (Å²) < 4.78 is 24.0. The zero-order valence-corrected chi connectivity index (χ0v) is 14.5. The maximum atomic E-state index is 13.7. The van der Waals surface area contributed by atoms with Gasteiger partial charge in [-0.05, 0) is 0 Å². The topological polar surface area (TPSA) is 100 Å². The molecular weight excluding hydrogens is 357 g/mol. The molecule has 3 heterocycles. The number of benzene rings is 1. The number of hydrogen-bond donors (Lipinski definition) is 1. The summed E-state index contributed by atoms with van der Waals surface area (Å²) in [5.41, 5.74) is 0.559. The molecule has 1 aromatic heterocycles. The van der Waals surface area contributed by atoms with Gasteiger partial charge in [0.2, 0.25) is 11.8 Å². The van der Waals surface area contributed by atoms with Gasteiger partial charge in [0.25, 0.3) is 0 Å². The van der Waals surface area contributed by atoms with Gasteiger partial charge in [0.1, 0.15) is 11.7 Å². The molecule has 0 saturated carbocycles. The fourth-order valence-corrected chi connectivity index (χ4v) is 3.07. The quantitative estimate of drug-likeness (QED) is 0.858. The van der Waals surface area contributed by atoms with Crippen LogP contribution in [0.2, 0.25) is 0 Å². The number of amides is 2. The SMILES string of the molecule is COc1cc2nc(NC(=O)CN3C=NC4C3C=CC(=O)N4C)oc2cc1F. The number of anilines is 1. The molecule has 0 bridgehead atoms.